The molecule has 0 bridgehead atoms. The highest BCUT2D eigenvalue weighted by molar-refractivity contribution is 6.17. The highest BCUT2D eigenvalue weighted by Crippen LogP contribution is 2.34. The van der Waals surface area contributed by atoms with Crippen LogP contribution in [-0.2, 0) is 12.3 Å². The number of aryl methyl sites for hydroxylation is 1. The van der Waals surface area contributed by atoms with Crippen LogP contribution in [0.15, 0.2) is 30.3 Å². The third-order valence-corrected chi connectivity index (χ3v) is 3.83. The second-order valence-corrected chi connectivity index (χ2v) is 4.99. The molecule has 0 fully saturated rings. The summed E-state index contributed by atoms with van der Waals surface area (Å²) in [4.78, 5) is 6.63. The SMILES string of the molecule is Cc1nc(N2CCc3ccc(F)cc32)ccc1CCl. The molecule has 0 saturated heterocycles. The summed E-state index contributed by atoms with van der Waals surface area (Å²) in [6, 6.07) is 8.88. The Balaban J connectivity index is 2.01. The van der Waals surface area contributed by atoms with E-state index in [0.717, 1.165) is 35.7 Å². The Hall–Kier alpha value is -1.61. The van der Waals surface area contributed by atoms with Crippen LogP contribution < -0.4 is 4.90 Å². The molecule has 2 heterocycles. The van der Waals surface area contributed by atoms with Gasteiger partial charge in [-0.05, 0) is 42.7 Å². The second-order valence-electron chi connectivity index (χ2n) is 4.72. The van der Waals surface area contributed by atoms with E-state index in [1.54, 1.807) is 6.07 Å². The third-order valence-electron chi connectivity index (χ3n) is 3.54. The van der Waals surface area contributed by atoms with Gasteiger partial charge in [-0.1, -0.05) is 12.1 Å². The lowest BCUT2D eigenvalue weighted by Gasteiger charge is -2.19. The number of pyridine rings is 1. The Morgan fingerprint density at radius 2 is 2.16 bits per heavy atom. The summed E-state index contributed by atoms with van der Waals surface area (Å²) in [6.45, 7) is 2.79. The van der Waals surface area contributed by atoms with Gasteiger partial charge in [0.05, 0.1) is 0 Å². The van der Waals surface area contributed by atoms with Crippen molar-refractivity contribution in [3.63, 3.8) is 0 Å². The average molecular weight is 277 g/mol. The molecular formula is C15H14ClFN2. The summed E-state index contributed by atoms with van der Waals surface area (Å²) >= 11 is 5.84. The molecule has 0 atom stereocenters. The van der Waals surface area contributed by atoms with Crippen molar-refractivity contribution < 1.29 is 4.39 Å². The van der Waals surface area contributed by atoms with E-state index in [9.17, 15) is 4.39 Å². The molecule has 0 N–H and O–H groups in total. The van der Waals surface area contributed by atoms with E-state index in [0.29, 0.717) is 5.88 Å². The summed E-state index contributed by atoms with van der Waals surface area (Å²) in [5.41, 5.74) is 4.05. The maximum atomic E-state index is 13.4. The fourth-order valence-corrected chi connectivity index (χ4v) is 2.74. The van der Waals surface area contributed by atoms with E-state index in [1.807, 2.05) is 25.1 Å². The first-order valence-corrected chi connectivity index (χ1v) is 6.81. The lowest BCUT2D eigenvalue weighted by atomic mass is 10.1. The van der Waals surface area contributed by atoms with Gasteiger partial charge in [-0.15, -0.1) is 11.6 Å². The van der Waals surface area contributed by atoms with Gasteiger partial charge in [0, 0.05) is 23.8 Å². The molecule has 0 radical (unpaired) electrons. The van der Waals surface area contributed by atoms with E-state index < -0.39 is 0 Å². The molecule has 0 unspecified atom stereocenters. The van der Waals surface area contributed by atoms with E-state index >= 15 is 0 Å². The monoisotopic (exact) mass is 276 g/mol. The Bertz CT molecular complexity index is 628. The van der Waals surface area contributed by atoms with Crippen LogP contribution in [0.5, 0.6) is 0 Å². The number of aromatic nitrogens is 1. The normalized spacial score (nSPS) is 13.7. The van der Waals surface area contributed by atoms with Crippen molar-refractivity contribution >= 4 is 23.1 Å². The van der Waals surface area contributed by atoms with Gasteiger partial charge in [0.1, 0.15) is 11.6 Å². The minimum absolute atomic E-state index is 0.209. The van der Waals surface area contributed by atoms with Crippen LogP contribution in [0.4, 0.5) is 15.9 Å². The first kappa shape index (κ1) is 12.4. The number of hydrogen-bond donors (Lipinski definition) is 0. The highest BCUT2D eigenvalue weighted by Gasteiger charge is 2.22. The maximum absolute atomic E-state index is 13.4. The molecule has 19 heavy (non-hydrogen) atoms. The van der Waals surface area contributed by atoms with Gasteiger partial charge in [-0.2, -0.15) is 0 Å². The number of fused-ring (bicyclic) bond motifs is 1. The van der Waals surface area contributed by atoms with Gasteiger partial charge >= 0.3 is 0 Å². The zero-order valence-corrected chi connectivity index (χ0v) is 11.4. The first-order valence-electron chi connectivity index (χ1n) is 6.27. The number of nitrogens with zero attached hydrogens (tertiary/aromatic N) is 2. The Morgan fingerprint density at radius 3 is 2.89 bits per heavy atom. The number of hydrogen-bond acceptors (Lipinski definition) is 2. The van der Waals surface area contributed by atoms with E-state index in [1.165, 1.54) is 11.6 Å². The number of alkyl halides is 1. The van der Waals surface area contributed by atoms with Gasteiger partial charge in [0.15, 0.2) is 0 Å². The molecule has 0 amide bonds. The smallest absolute Gasteiger partial charge is 0.133 e. The molecule has 0 spiro atoms. The van der Waals surface area contributed by atoms with Gasteiger partial charge < -0.3 is 4.90 Å². The molecule has 4 heteroatoms. The van der Waals surface area contributed by atoms with Gasteiger partial charge in [-0.3, -0.25) is 0 Å². The molecule has 1 aliphatic rings. The fraction of sp³-hybridized carbons (Fsp3) is 0.267. The van der Waals surface area contributed by atoms with Crippen LogP contribution in [0.3, 0.4) is 0 Å². The molecule has 1 aliphatic heterocycles. The van der Waals surface area contributed by atoms with Crippen LogP contribution in [0, 0.1) is 12.7 Å². The van der Waals surface area contributed by atoms with Gasteiger partial charge in [0.25, 0.3) is 0 Å². The minimum Gasteiger partial charge on any atom is -0.326 e. The highest BCUT2D eigenvalue weighted by atomic mass is 35.5. The standard InChI is InChI=1S/C15H14ClFN2/c1-10-12(9-16)3-5-15(18-10)19-7-6-11-2-4-13(17)8-14(11)19/h2-5,8H,6-7,9H2,1H3. The van der Waals surface area contributed by atoms with Crippen molar-refractivity contribution in [2.24, 2.45) is 0 Å². The van der Waals surface area contributed by atoms with E-state index in [2.05, 4.69) is 9.88 Å². The Morgan fingerprint density at radius 1 is 1.32 bits per heavy atom. The predicted octanol–water partition coefficient (Wildman–Crippen LogP) is 3.96. The minimum atomic E-state index is -0.209. The zero-order chi connectivity index (χ0) is 13.4. The van der Waals surface area contributed by atoms with Crippen molar-refractivity contribution in [2.75, 3.05) is 11.4 Å². The van der Waals surface area contributed by atoms with Gasteiger partial charge in [0.2, 0.25) is 0 Å². The lowest BCUT2D eigenvalue weighted by Crippen LogP contribution is -2.15. The van der Waals surface area contributed by atoms with Crippen LogP contribution >= 0.6 is 11.6 Å². The first-order chi connectivity index (χ1) is 9.19. The van der Waals surface area contributed by atoms with Crippen molar-refractivity contribution in [3.8, 4) is 0 Å². The molecule has 1 aromatic heterocycles. The van der Waals surface area contributed by atoms with Crippen LogP contribution in [0.25, 0.3) is 0 Å². The van der Waals surface area contributed by atoms with Gasteiger partial charge in [-0.25, -0.2) is 9.37 Å². The predicted molar refractivity (Wildman–Crippen MR) is 75.6 cm³/mol. The van der Waals surface area contributed by atoms with E-state index in [4.69, 9.17) is 11.6 Å². The number of benzene rings is 1. The van der Waals surface area contributed by atoms with Crippen molar-refractivity contribution in [1.29, 1.82) is 0 Å². The summed E-state index contributed by atoms with van der Waals surface area (Å²) in [5, 5.41) is 0. The quantitative estimate of drug-likeness (QED) is 0.772. The Labute approximate surface area is 116 Å². The average Bonchev–Trinajstić information content (AvgIpc) is 2.81. The molecule has 3 rings (SSSR count). The van der Waals surface area contributed by atoms with Crippen molar-refractivity contribution in [2.45, 2.75) is 19.2 Å². The lowest BCUT2D eigenvalue weighted by molar-refractivity contribution is 0.628. The number of anilines is 2. The topological polar surface area (TPSA) is 16.1 Å². The van der Waals surface area contributed by atoms with Crippen LogP contribution in [-0.4, -0.2) is 11.5 Å². The maximum Gasteiger partial charge on any atom is 0.133 e. The molecule has 2 aromatic rings. The molecule has 0 saturated carbocycles. The zero-order valence-electron chi connectivity index (χ0n) is 10.7. The summed E-state index contributed by atoms with van der Waals surface area (Å²) in [5.74, 6) is 1.11. The van der Waals surface area contributed by atoms with Crippen LogP contribution in [0.2, 0.25) is 0 Å². The van der Waals surface area contributed by atoms with E-state index in [-0.39, 0.29) is 5.82 Å². The molecule has 0 aliphatic carbocycles. The largest absolute Gasteiger partial charge is 0.326 e. The van der Waals surface area contributed by atoms with Crippen molar-refractivity contribution in [3.05, 3.63) is 53.0 Å². The van der Waals surface area contributed by atoms with Crippen molar-refractivity contribution in [1.82, 2.24) is 4.98 Å². The summed E-state index contributed by atoms with van der Waals surface area (Å²) < 4.78 is 13.4. The fourth-order valence-electron chi connectivity index (χ4n) is 2.46. The summed E-state index contributed by atoms with van der Waals surface area (Å²) in [7, 11) is 0. The van der Waals surface area contributed by atoms with Crippen LogP contribution in [0.1, 0.15) is 16.8 Å². The summed E-state index contributed by atoms with van der Waals surface area (Å²) in [6.07, 6.45) is 0.924. The molecular weight excluding hydrogens is 263 g/mol. The molecule has 2 nitrogen and oxygen atoms in total. The number of rotatable bonds is 2. The Kier molecular flexibility index (Phi) is 3.15. The third kappa shape index (κ3) is 2.19. The second kappa shape index (κ2) is 4.82. The molecule has 1 aromatic carbocycles. The number of halogens is 2. The molecule has 98 valence electrons.